The Labute approximate surface area is 133 Å². The van der Waals surface area contributed by atoms with Gasteiger partial charge in [0.15, 0.2) is 0 Å². The normalized spacial score (nSPS) is 17.5. The Hall–Kier alpha value is -0.880. The molecule has 0 aliphatic heterocycles. The molecule has 3 nitrogen and oxygen atoms in total. The number of benzene rings is 1. The number of nitrogens with two attached hydrogens (primary N) is 1. The molecule has 0 saturated heterocycles. The van der Waals surface area contributed by atoms with Crippen LogP contribution >= 0.6 is 22.6 Å². The molecule has 106 valence electrons. The van der Waals surface area contributed by atoms with E-state index in [1.54, 1.807) is 0 Å². The second-order valence-electron chi connectivity index (χ2n) is 5.56. The summed E-state index contributed by atoms with van der Waals surface area (Å²) in [5.41, 5.74) is 8.65. The molecule has 1 heterocycles. The molecular formula is C16H20IN3. The SMILES string of the molecule is NC(Cc1ccn(C2CCCC2)n1)c1ccccc1I. The number of halogens is 1. The van der Waals surface area contributed by atoms with Crippen molar-refractivity contribution in [3.05, 3.63) is 51.4 Å². The standard InChI is InChI=1S/C16H20IN3/c17-15-8-4-3-7-14(15)16(18)11-12-9-10-20(19-12)13-5-1-2-6-13/h3-4,7-10,13,16H,1-2,5-6,11,18H2. The summed E-state index contributed by atoms with van der Waals surface area (Å²) in [7, 11) is 0. The predicted molar refractivity (Wildman–Crippen MR) is 89.5 cm³/mol. The van der Waals surface area contributed by atoms with Crippen LogP contribution in [0.4, 0.5) is 0 Å². The van der Waals surface area contributed by atoms with Crippen LogP contribution in [0.1, 0.15) is 49.0 Å². The molecule has 3 rings (SSSR count). The highest BCUT2D eigenvalue weighted by atomic mass is 127. The van der Waals surface area contributed by atoms with Crippen molar-refractivity contribution in [2.45, 2.75) is 44.2 Å². The summed E-state index contributed by atoms with van der Waals surface area (Å²) in [6.07, 6.45) is 8.13. The molecule has 1 fully saturated rings. The molecule has 1 aromatic carbocycles. The first-order valence-electron chi connectivity index (χ1n) is 7.28. The van der Waals surface area contributed by atoms with Gasteiger partial charge in [0.2, 0.25) is 0 Å². The van der Waals surface area contributed by atoms with Crippen LogP contribution in [-0.4, -0.2) is 9.78 Å². The van der Waals surface area contributed by atoms with Gasteiger partial charge < -0.3 is 5.73 Å². The molecule has 1 unspecified atom stereocenters. The van der Waals surface area contributed by atoms with Gasteiger partial charge in [-0.1, -0.05) is 31.0 Å². The third-order valence-corrected chi connectivity index (χ3v) is 5.08. The van der Waals surface area contributed by atoms with E-state index in [9.17, 15) is 0 Å². The maximum Gasteiger partial charge on any atom is 0.0643 e. The van der Waals surface area contributed by atoms with Crippen molar-refractivity contribution in [3.63, 3.8) is 0 Å². The van der Waals surface area contributed by atoms with Crippen LogP contribution in [0.2, 0.25) is 0 Å². The monoisotopic (exact) mass is 381 g/mol. The fourth-order valence-corrected chi connectivity index (χ4v) is 3.76. The molecule has 1 saturated carbocycles. The third-order valence-electron chi connectivity index (χ3n) is 4.10. The molecule has 2 aromatic rings. The summed E-state index contributed by atoms with van der Waals surface area (Å²) in [5, 5.41) is 4.72. The van der Waals surface area contributed by atoms with Crippen LogP contribution in [0.3, 0.4) is 0 Å². The van der Waals surface area contributed by atoms with Gasteiger partial charge in [-0.2, -0.15) is 5.10 Å². The molecule has 0 radical (unpaired) electrons. The first-order chi connectivity index (χ1) is 9.74. The minimum absolute atomic E-state index is 0.0232. The summed E-state index contributed by atoms with van der Waals surface area (Å²) in [5.74, 6) is 0. The third kappa shape index (κ3) is 3.06. The van der Waals surface area contributed by atoms with Gasteiger partial charge in [0.25, 0.3) is 0 Å². The van der Waals surface area contributed by atoms with Crippen LogP contribution in [0.5, 0.6) is 0 Å². The highest BCUT2D eigenvalue weighted by Crippen LogP contribution is 2.29. The molecule has 20 heavy (non-hydrogen) atoms. The van der Waals surface area contributed by atoms with E-state index in [2.05, 4.69) is 57.7 Å². The van der Waals surface area contributed by atoms with E-state index in [0.717, 1.165) is 12.1 Å². The molecule has 1 atom stereocenters. The maximum absolute atomic E-state index is 6.34. The lowest BCUT2D eigenvalue weighted by Gasteiger charge is -2.13. The molecule has 4 heteroatoms. The quantitative estimate of drug-likeness (QED) is 0.818. The number of hydrogen-bond acceptors (Lipinski definition) is 2. The second-order valence-corrected chi connectivity index (χ2v) is 6.72. The predicted octanol–water partition coefficient (Wildman–Crippen LogP) is 3.85. The number of hydrogen-bond donors (Lipinski definition) is 1. The van der Waals surface area contributed by atoms with Crippen LogP contribution in [0.25, 0.3) is 0 Å². The van der Waals surface area contributed by atoms with Gasteiger partial charge in [0.1, 0.15) is 0 Å². The van der Waals surface area contributed by atoms with Crippen molar-refractivity contribution in [1.29, 1.82) is 0 Å². The molecule has 2 N–H and O–H groups in total. The van der Waals surface area contributed by atoms with Gasteiger partial charge >= 0.3 is 0 Å². The zero-order valence-electron chi connectivity index (χ0n) is 11.5. The van der Waals surface area contributed by atoms with Crippen molar-refractivity contribution in [1.82, 2.24) is 9.78 Å². The number of aromatic nitrogens is 2. The molecule has 0 spiro atoms. The van der Waals surface area contributed by atoms with Gasteiger partial charge in [0.05, 0.1) is 11.7 Å². The largest absolute Gasteiger partial charge is 0.324 e. The second kappa shape index (κ2) is 6.26. The molecule has 0 bridgehead atoms. The summed E-state index contributed by atoms with van der Waals surface area (Å²) in [4.78, 5) is 0. The first-order valence-corrected chi connectivity index (χ1v) is 8.36. The van der Waals surface area contributed by atoms with E-state index < -0.39 is 0 Å². The van der Waals surface area contributed by atoms with E-state index >= 15 is 0 Å². The highest BCUT2D eigenvalue weighted by Gasteiger charge is 2.18. The van der Waals surface area contributed by atoms with Gasteiger partial charge in [0, 0.05) is 22.2 Å². The summed E-state index contributed by atoms with van der Waals surface area (Å²) in [6.45, 7) is 0. The van der Waals surface area contributed by atoms with E-state index in [-0.39, 0.29) is 6.04 Å². The average molecular weight is 381 g/mol. The van der Waals surface area contributed by atoms with Gasteiger partial charge in [-0.3, -0.25) is 4.68 Å². The first kappa shape index (κ1) is 14.1. The Bertz CT molecular complexity index is 573. The Morgan fingerprint density at radius 2 is 2.00 bits per heavy atom. The van der Waals surface area contributed by atoms with E-state index in [1.807, 2.05) is 6.07 Å². The van der Waals surface area contributed by atoms with Crippen LogP contribution in [0.15, 0.2) is 36.5 Å². The van der Waals surface area contributed by atoms with Gasteiger partial charge in [-0.15, -0.1) is 0 Å². The fraction of sp³-hybridized carbons (Fsp3) is 0.438. The van der Waals surface area contributed by atoms with E-state index in [1.165, 1.54) is 34.8 Å². The van der Waals surface area contributed by atoms with Gasteiger partial charge in [-0.05, 0) is 53.1 Å². The highest BCUT2D eigenvalue weighted by molar-refractivity contribution is 14.1. The summed E-state index contributed by atoms with van der Waals surface area (Å²) < 4.78 is 3.37. The zero-order chi connectivity index (χ0) is 13.9. The topological polar surface area (TPSA) is 43.8 Å². The van der Waals surface area contributed by atoms with Crippen LogP contribution in [-0.2, 0) is 6.42 Å². The van der Waals surface area contributed by atoms with Crippen molar-refractivity contribution in [2.75, 3.05) is 0 Å². The summed E-state index contributed by atoms with van der Waals surface area (Å²) >= 11 is 2.35. The molecule has 1 aliphatic carbocycles. The van der Waals surface area contributed by atoms with Crippen molar-refractivity contribution in [2.24, 2.45) is 5.73 Å². The Morgan fingerprint density at radius 3 is 2.75 bits per heavy atom. The average Bonchev–Trinajstić information content (AvgIpc) is 3.09. The van der Waals surface area contributed by atoms with Crippen molar-refractivity contribution < 1.29 is 0 Å². The van der Waals surface area contributed by atoms with Gasteiger partial charge in [-0.25, -0.2) is 0 Å². The molecule has 1 aromatic heterocycles. The fourth-order valence-electron chi connectivity index (χ4n) is 2.97. The zero-order valence-corrected chi connectivity index (χ0v) is 13.7. The van der Waals surface area contributed by atoms with E-state index in [0.29, 0.717) is 6.04 Å². The van der Waals surface area contributed by atoms with Crippen LogP contribution in [0, 0.1) is 3.57 Å². The Kier molecular flexibility index (Phi) is 4.41. The van der Waals surface area contributed by atoms with E-state index in [4.69, 9.17) is 10.8 Å². The molecule has 1 aliphatic rings. The lowest BCUT2D eigenvalue weighted by atomic mass is 10.0. The number of rotatable bonds is 4. The van der Waals surface area contributed by atoms with Crippen molar-refractivity contribution >= 4 is 22.6 Å². The Balaban J connectivity index is 1.70. The van der Waals surface area contributed by atoms with Crippen molar-refractivity contribution in [3.8, 4) is 0 Å². The smallest absolute Gasteiger partial charge is 0.0643 e. The summed E-state index contributed by atoms with van der Waals surface area (Å²) in [6, 6.07) is 11.1. The minimum atomic E-state index is 0.0232. The van der Waals surface area contributed by atoms with Crippen LogP contribution < -0.4 is 5.73 Å². The molecule has 0 amide bonds. The number of nitrogens with zero attached hydrogens (tertiary/aromatic N) is 2. The maximum atomic E-state index is 6.34. The minimum Gasteiger partial charge on any atom is -0.324 e. The lowest BCUT2D eigenvalue weighted by molar-refractivity contribution is 0.461. The molecular weight excluding hydrogens is 361 g/mol. The Morgan fingerprint density at radius 1 is 1.25 bits per heavy atom. The lowest BCUT2D eigenvalue weighted by Crippen LogP contribution is -2.15.